The standard InChI is InChI=1S/C7H7NO6/c8-2-3(9)1(7(13)14)4(10)6(12)5(2)11/h9-12H,8H2,(H,13,14). The van der Waals surface area contributed by atoms with E-state index in [0.29, 0.717) is 0 Å². The number of benzene rings is 1. The van der Waals surface area contributed by atoms with E-state index in [2.05, 4.69) is 0 Å². The molecule has 1 aromatic carbocycles. The quantitative estimate of drug-likeness (QED) is 0.209. The Kier molecular flexibility index (Phi) is 2.01. The lowest BCUT2D eigenvalue weighted by molar-refractivity contribution is 0.0689. The average molecular weight is 201 g/mol. The minimum absolute atomic E-state index is 0.710. The first-order valence-corrected chi connectivity index (χ1v) is 3.36. The van der Waals surface area contributed by atoms with E-state index in [0.717, 1.165) is 0 Å². The molecule has 0 aliphatic carbocycles. The van der Waals surface area contributed by atoms with Gasteiger partial charge in [-0.2, -0.15) is 0 Å². The fourth-order valence-electron chi connectivity index (χ4n) is 0.920. The molecule has 0 saturated heterocycles. The maximum atomic E-state index is 10.5. The minimum atomic E-state index is -1.68. The number of carbonyl (C=O) groups is 1. The Labute approximate surface area is 77.3 Å². The van der Waals surface area contributed by atoms with Crippen LogP contribution in [0.5, 0.6) is 23.0 Å². The van der Waals surface area contributed by atoms with Crippen molar-refractivity contribution in [2.45, 2.75) is 0 Å². The van der Waals surface area contributed by atoms with Gasteiger partial charge >= 0.3 is 5.97 Å². The van der Waals surface area contributed by atoms with Gasteiger partial charge in [0.2, 0.25) is 5.75 Å². The number of nitrogen functional groups attached to an aromatic ring is 1. The smallest absolute Gasteiger partial charge is 0.343 e. The molecule has 0 radical (unpaired) electrons. The first-order chi connectivity index (χ1) is 6.37. The topological polar surface area (TPSA) is 144 Å². The molecule has 0 spiro atoms. The first-order valence-electron chi connectivity index (χ1n) is 3.36. The average Bonchev–Trinajstić information content (AvgIpc) is 2.11. The predicted octanol–water partition coefficient (Wildman–Crippen LogP) is -0.211. The van der Waals surface area contributed by atoms with Crippen LogP contribution >= 0.6 is 0 Å². The predicted molar refractivity (Wildman–Crippen MR) is 44.5 cm³/mol. The zero-order valence-corrected chi connectivity index (χ0v) is 6.72. The Balaban J connectivity index is 3.68. The summed E-state index contributed by atoms with van der Waals surface area (Å²) in [4.78, 5) is 10.5. The molecular weight excluding hydrogens is 194 g/mol. The van der Waals surface area contributed by atoms with Gasteiger partial charge in [-0.05, 0) is 0 Å². The van der Waals surface area contributed by atoms with E-state index in [-0.39, 0.29) is 0 Å². The van der Waals surface area contributed by atoms with Crippen LogP contribution in [-0.4, -0.2) is 31.5 Å². The van der Waals surface area contributed by atoms with Crippen LogP contribution in [0.1, 0.15) is 10.4 Å². The first kappa shape index (κ1) is 9.78. The van der Waals surface area contributed by atoms with E-state index in [1.807, 2.05) is 0 Å². The molecule has 0 unspecified atom stereocenters. The van der Waals surface area contributed by atoms with E-state index in [4.69, 9.17) is 31.3 Å². The summed E-state index contributed by atoms with van der Waals surface area (Å²) in [7, 11) is 0. The van der Waals surface area contributed by atoms with Crippen molar-refractivity contribution in [1.29, 1.82) is 0 Å². The van der Waals surface area contributed by atoms with E-state index in [1.165, 1.54) is 0 Å². The molecule has 7 nitrogen and oxygen atoms in total. The number of rotatable bonds is 1. The van der Waals surface area contributed by atoms with Gasteiger partial charge in [-0.25, -0.2) is 4.79 Å². The maximum Gasteiger partial charge on any atom is 0.343 e. The van der Waals surface area contributed by atoms with Gasteiger partial charge in [0.1, 0.15) is 11.3 Å². The molecule has 0 aliphatic rings. The number of aromatic hydroxyl groups is 4. The molecule has 0 atom stereocenters. The monoisotopic (exact) mass is 201 g/mol. The van der Waals surface area contributed by atoms with Crippen LogP contribution in [0.3, 0.4) is 0 Å². The minimum Gasteiger partial charge on any atom is -0.505 e. The van der Waals surface area contributed by atoms with Crippen LogP contribution < -0.4 is 5.73 Å². The van der Waals surface area contributed by atoms with Crippen LogP contribution in [0.25, 0.3) is 0 Å². The molecule has 0 aromatic heterocycles. The number of phenols is 4. The van der Waals surface area contributed by atoms with Gasteiger partial charge in [0.05, 0.1) is 0 Å². The van der Waals surface area contributed by atoms with Crippen molar-refractivity contribution < 1.29 is 30.3 Å². The van der Waals surface area contributed by atoms with Crippen molar-refractivity contribution in [3.05, 3.63) is 5.56 Å². The highest BCUT2D eigenvalue weighted by molar-refractivity contribution is 5.98. The summed E-state index contributed by atoms with van der Waals surface area (Å²) >= 11 is 0. The van der Waals surface area contributed by atoms with E-state index in [1.54, 1.807) is 0 Å². The SMILES string of the molecule is Nc1c(O)c(O)c(O)c(C(=O)O)c1O. The molecule has 0 amide bonds. The lowest BCUT2D eigenvalue weighted by atomic mass is 10.1. The molecule has 0 saturated carbocycles. The largest absolute Gasteiger partial charge is 0.505 e. The number of anilines is 1. The molecule has 14 heavy (non-hydrogen) atoms. The van der Waals surface area contributed by atoms with Gasteiger partial charge in [0.25, 0.3) is 0 Å². The highest BCUT2D eigenvalue weighted by atomic mass is 16.4. The summed E-state index contributed by atoms with van der Waals surface area (Å²) in [5.74, 6) is -5.86. The van der Waals surface area contributed by atoms with Crippen molar-refractivity contribution in [3.63, 3.8) is 0 Å². The number of carboxylic acids is 1. The highest BCUT2D eigenvalue weighted by Crippen LogP contribution is 2.48. The third-order valence-electron chi connectivity index (χ3n) is 1.65. The molecule has 0 fully saturated rings. The number of aromatic carboxylic acids is 1. The highest BCUT2D eigenvalue weighted by Gasteiger charge is 2.25. The summed E-state index contributed by atoms with van der Waals surface area (Å²) in [5, 5.41) is 44.7. The molecule has 1 rings (SSSR count). The molecule has 7 N–H and O–H groups in total. The van der Waals surface area contributed by atoms with Crippen molar-refractivity contribution >= 4 is 11.7 Å². The number of hydrogen-bond donors (Lipinski definition) is 6. The summed E-state index contributed by atoms with van der Waals surface area (Å²) in [5.41, 5.74) is 3.38. The fraction of sp³-hybridized carbons (Fsp3) is 0. The van der Waals surface area contributed by atoms with Crippen LogP contribution in [0.15, 0.2) is 0 Å². The molecule has 0 aliphatic heterocycles. The molecular formula is C7H7NO6. The molecule has 76 valence electrons. The van der Waals surface area contributed by atoms with E-state index < -0.39 is 40.2 Å². The Morgan fingerprint density at radius 2 is 1.43 bits per heavy atom. The van der Waals surface area contributed by atoms with Crippen LogP contribution in [-0.2, 0) is 0 Å². The van der Waals surface area contributed by atoms with Crippen LogP contribution in [0.2, 0.25) is 0 Å². The van der Waals surface area contributed by atoms with E-state index in [9.17, 15) is 4.79 Å². The number of carboxylic acid groups (broad SMARTS) is 1. The Morgan fingerprint density at radius 3 is 1.86 bits per heavy atom. The molecule has 7 heteroatoms. The van der Waals surface area contributed by atoms with E-state index >= 15 is 0 Å². The zero-order valence-electron chi connectivity index (χ0n) is 6.72. The Hall–Kier alpha value is -2.31. The van der Waals surface area contributed by atoms with Gasteiger partial charge < -0.3 is 31.3 Å². The van der Waals surface area contributed by atoms with Gasteiger partial charge in [-0.1, -0.05) is 0 Å². The summed E-state index contributed by atoms with van der Waals surface area (Å²) < 4.78 is 0. The van der Waals surface area contributed by atoms with Crippen molar-refractivity contribution in [2.75, 3.05) is 5.73 Å². The fourth-order valence-corrected chi connectivity index (χ4v) is 0.920. The Bertz CT molecular complexity index is 384. The van der Waals surface area contributed by atoms with Gasteiger partial charge in [-0.3, -0.25) is 0 Å². The number of nitrogens with two attached hydrogens (primary N) is 1. The summed E-state index contributed by atoms with van der Waals surface area (Å²) in [6.07, 6.45) is 0. The van der Waals surface area contributed by atoms with Crippen molar-refractivity contribution in [3.8, 4) is 23.0 Å². The molecule has 0 bridgehead atoms. The van der Waals surface area contributed by atoms with Crippen LogP contribution in [0, 0.1) is 0 Å². The maximum absolute atomic E-state index is 10.5. The lowest BCUT2D eigenvalue weighted by Crippen LogP contribution is -2.00. The second kappa shape index (κ2) is 2.87. The summed E-state index contributed by atoms with van der Waals surface area (Å²) in [6, 6.07) is 0. The third-order valence-corrected chi connectivity index (χ3v) is 1.65. The van der Waals surface area contributed by atoms with Gasteiger partial charge in [0.15, 0.2) is 17.2 Å². The molecule has 0 heterocycles. The normalized spacial score (nSPS) is 10.0. The van der Waals surface area contributed by atoms with Crippen molar-refractivity contribution in [2.24, 2.45) is 0 Å². The third kappa shape index (κ3) is 1.11. The second-order valence-corrected chi connectivity index (χ2v) is 2.49. The van der Waals surface area contributed by atoms with Gasteiger partial charge in [0, 0.05) is 0 Å². The lowest BCUT2D eigenvalue weighted by Gasteiger charge is -2.09. The second-order valence-electron chi connectivity index (χ2n) is 2.49. The number of hydrogen-bond acceptors (Lipinski definition) is 6. The van der Waals surface area contributed by atoms with Crippen molar-refractivity contribution in [1.82, 2.24) is 0 Å². The Morgan fingerprint density at radius 1 is 0.929 bits per heavy atom. The summed E-state index contributed by atoms with van der Waals surface area (Å²) in [6.45, 7) is 0. The zero-order chi connectivity index (χ0) is 11.0. The van der Waals surface area contributed by atoms with Gasteiger partial charge in [-0.15, -0.1) is 0 Å². The van der Waals surface area contributed by atoms with Crippen LogP contribution in [0.4, 0.5) is 5.69 Å². The number of phenolic OH excluding ortho intramolecular Hbond substituents is 2. The molecule has 1 aromatic rings.